The molecule has 2 rings (SSSR count). The Bertz CT molecular complexity index is 562. The summed E-state index contributed by atoms with van der Waals surface area (Å²) < 4.78 is 19.1. The van der Waals surface area contributed by atoms with Crippen LogP contribution in [-0.4, -0.2) is 7.05 Å². The molecule has 0 saturated carbocycles. The van der Waals surface area contributed by atoms with Crippen LogP contribution in [0.2, 0.25) is 0 Å². The summed E-state index contributed by atoms with van der Waals surface area (Å²) in [7, 11) is 1.95. The Labute approximate surface area is 119 Å². The fourth-order valence-electron chi connectivity index (χ4n) is 2.15. The third-order valence-electron chi connectivity index (χ3n) is 3.42. The predicted molar refractivity (Wildman–Crippen MR) is 79.7 cm³/mol. The first-order valence-electron chi connectivity index (χ1n) is 6.85. The average molecular weight is 273 g/mol. The molecule has 20 heavy (non-hydrogen) atoms. The minimum absolute atomic E-state index is 0.250. The van der Waals surface area contributed by atoms with Gasteiger partial charge in [-0.2, -0.15) is 0 Å². The maximum absolute atomic E-state index is 13.5. The van der Waals surface area contributed by atoms with Crippen LogP contribution in [-0.2, 0) is 0 Å². The summed E-state index contributed by atoms with van der Waals surface area (Å²) in [6.45, 7) is 3.87. The second-order valence-corrected chi connectivity index (χ2v) is 4.83. The molecule has 1 unspecified atom stereocenters. The van der Waals surface area contributed by atoms with Crippen molar-refractivity contribution >= 4 is 0 Å². The fraction of sp³-hybridized carbons (Fsp3) is 0.294. The van der Waals surface area contributed by atoms with E-state index in [1.165, 1.54) is 11.6 Å². The van der Waals surface area contributed by atoms with Gasteiger partial charge in [0.25, 0.3) is 0 Å². The van der Waals surface area contributed by atoms with E-state index in [1.54, 1.807) is 19.1 Å². The molecule has 0 aliphatic carbocycles. The number of aryl methyl sites for hydroxylation is 1. The molecule has 2 aromatic carbocycles. The molecule has 0 aliphatic heterocycles. The molecule has 0 radical (unpaired) electrons. The third-order valence-corrected chi connectivity index (χ3v) is 3.42. The van der Waals surface area contributed by atoms with Crippen molar-refractivity contribution < 1.29 is 9.13 Å². The van der Waals surface area contributed by atoms with Crippen molar-refractivity contribution in [3.63, 3.8) is 0 Å². The molecule has 2 aromatic rings. The number of nitrogens with one attached hydrogen (secondary N) is 1. The molecule has 0 bridgehead atoms. The lowest BCUT2D eigenvalue weighted by Crippen LogP contribution is -2.14. The fourth-order valence-corrected chi connectivity index (χ4v) is 2.15. The minimum atomic E-state index is -0.250. The molecule has 1 N–H and O–H groups in total. The van der Waals surface area contributed by atoms with E-state index in [4.69, 9.17) is 4.74 Å². The van der Waals surface area contributed by atoms with Gasteiger partial charge in [-0.1, -0.05) is 25.1 Å². The second kappa shape index (κ2) is 6.53. The van der Waals surface area contributed by atoms with Crippen LogP contribution in [0.1, 0.15) is 30.5 Å². The van der Waals surface area contributed by atoms with E-state index < -0.39 is 0 Å². The van der Waals surface area contributed by atoms with Crippen molar-refractivity contribution in [1.29, 1.82) is 0 Å². The van der Waals surface area contributed by atoms with E-state index in [1.807, 2.05) is 31.3 Å². The molecule has 0 aliphatic rings. The highest BCUT2D eigenvalue weighted by atomic mass is 19.1. The van der Waals surface area contributed by atoms with Crippen molar-refractivity contribution in [3.05, 3.63) is 59.4 Å². The van der Waals surface area contributed by atoms with Crippen LogP contribution in [0.5, 0.6) is 11.5 Å². The topological polar surface area (TPSA) is 21.3 Å². The lowest BCUT2D eigenvalue weighted by molar-refractivity contribution is 0.475. The molecule has 106 valence electrons. The Balaban J connectivity index is 2.12. The first kappa shape index (κ1) is 14.5. The van der Waals surface area contributed by atoms with E-state index in [9.17, 15) is 4.39 Å². The highest BCUT2D eigenvalue weighted by Crippen LogP contribution is 2.25. The summed E-state index contributed by atoms with van der Waals surface area (Å²) in [5.74, 6) is 0.977. The molecule has 1 atom stereocenters. The lowest BCUT2D eigenvalue weighted by Gasteiger charge is -2.14. The number of hydrogen-bond donors (Lipinski definition) is 1. The van der Waals surface area contributed by atoms with Crippen LogP contribution >= 0.6 is 0 Å². The quantitative estimate of drug-likeness (QED) is 0.859. The molecule has 3 heteroatoms. The van der Waals surface area contributed by atoms with Crippen LogP contribution < -0.4 is 10.1 Å². The first-order chi connectivity index (χ1) is 9.63. The largest absolute Gasteiger partial charge is 0.457 e. The number of ether oxygens (including phenoxy) is 1. The number of benzene rings is 2. The van der Waals surface area contributed by atoms with Gasteiger partial charge in [0, 0.05) is 12.1 Å². The van der Waals surface area contributed by atoms with Crippen LogP contribution in [0.15, 0.2) is 42.5 Å². The van der Waals surface area contributed by atoms with Crippen LogP contribution in [0.25, 0.3) is 0 Å². The summed E-state index contributed by atoms with van der Waals surface area (Å²) in [6, 6.07) is 13.1. The zero-order chi connectivity index (χ0) is 14.5. The van der Waals surface area contributed by atoms with Gasteiger partial charge in [0.15, 0.2) is 0 Å². The molecule has 0 heterocycles. The molecule has 0 spiro atoms. The normalized spacial score (nSPS) is 12.2. The van der Waals surface area contributed by atoms with Crippen LogP contribution in [0, 0.1) is 12.7 Å². The second-order valence-electron chi connectivity index (χ2n) is 4.83. The predicted octanol–water partition coefficient (Wildman–Crippen LogP) is 4.60. The molecule has 0 aromatic heterocycles. The van der Waals surface area contributed by atoms with Crippen molar-refractivity contribution in [2.75, 3.05) is 7.05 Å². The molecule has 0 fully saturated rings. The Morgan fingerprint density at radius 1 is 1.10 bits per heavy atom. The smallest absolute Gasteiger partial charge is 0.130 e. The lowest BCUT2D eigenvalue weighted by atomic mass is 10.0. The van der Waals surface area contributed by atoms with Crippen molar-refractivity contribution in [3.8, 4) is 11.5 Å². The van der Waals surface area contributed by atoms with E-state index in [0.717, 1.165) is 6.42 Å². The van der Waals surface area contributed by atoms with Gasteiger partial charge >= 0.3 is 0 Å². The SMILES string of the molecule is CCC(NC)c1ccc(Oc2ccc(C)c(F)c2)cc1. The van der Waals surface area contributed by atoms with Crippen molar-refractivity contribution in [1.82, 2.24) is 5.32 Å². The maximum Gasteiger partial charge on any atom is 0.130 e. The van der Waals surface area contributed by atoms with Gasteiger partial charge in [0.2, 0.25) is 0 Å². The van der Waals surface area contributed by atoms with Gasteiger partial charge in [-0.15, -0.1) is 0 Å². The summed E-state index contributed by atoms with van der Waals surface area (Å²) in [6.07, 6.45) is 1.03. The Hall–Kier alpha value is -1.87. The molecule has 2 nitrogen and oxygen atoms in total. The van der Waals surface area contributed by atoms with Crippen molar-refractivity contribution in [2.24, 2.45) is 0 Å². The summed E-state index contributed by atoms with van der Waals surface area (Å²) >= 11 is 0. The highest BCUT2D eigenvalue weighted by molar-refractivity contribution is 5.35. The van der Waals surface area contributed by atoms with Crippen LogP contribution in [0.4, 0.5) is 4.39 Å². The minimum Gasteiger partial charge on any atom is -0.457 e. The number of halogens is 1. The summed E-state index contributed by atoms with van der Waals surface area (Å²) in [5.41, 5.74) is 1.84. The van der Waals surface area contributed by atoms with Gasteiger partial charge in [0.1, 0.15) is 17.3 Å². The van der Waals surface area contributed by atoms with Gasteiger partial charge in [0.05, 0.1) is 0 Å². The number of rotatable bonds is 5. The van der Waals surface area contributed by atoms with Gasteiger partial charge in [-0.3, -0.25) is 0 Å². The maximum atomic E-state index is 13.5. The van der Waals surface area contributed by atoms with E-state index in [-0.39, 0.29) is 5.82 Å². The van der Waals surface area contributed by atoms with E-state index >= 15 is 0 Å². The summed E-state index contributed by atoms with van der Waals surface area (Å²) in [5, 5.41) is 3.26. The molecular formula is C17H20FNO. The van der Waals surface area contributed by atoms with Crippen molar-refractivity contribution in [2.45, 2.75) is 26.3 Å². The molecule has 0 saturated heterocycles. The zero-order valence-electron chi connectivity index (χ0n) is 12.1. The third kappa shape index (κ3) is 3.36. The number of hydrogen-bond acceptors (Lipinski definition) is 2. The van der Waals surface area contributed by atoms with Gasteiger partial charge < -0.3 is 10.1 Å². The standard InChI is InChI=1S/C17H20FNO/c1-4-17(19-3)13-6-9-14(10-7-13)20-15-8-5-12(2)16(18)11-15/h5-11,17,19H,4H2,1-3H3. The Kier molecular flexibility index (Phi) is 4.74. The molecule has 0 amide bonds. The molecular weight excluding hydrogens is 253 g/mol. The van der Waals surface area contributed by atoms with E-state index in [2.05, 4.69) is 12.2 Å². The van der Waals surface area contributed by atoms with Gasteiger partial charge in [-0.05, 0) is 49.7 Å². The monoisotopic (exact) mass is 273 g/mol. The van der Waals surface area contributed by atoms with Gasteiger partial charge in [-0.25, -0.2) is 4.39 Å². The highest BCUT2D eigenvalue weighted by Gasteiger charge is 2.07. The summed E-state index contributed by atoms with van der Waals surface area (Å²) in [4.78, 5) is 0. The Morgan fingerprint density at radius 3 is 2.30 bits per heavy atom. The van der Waals surface area contributed by atoms with E-state index in [0.29, 0.717) is 23.1 Å². The Morgan fingerprint density at radius 2 is 1.75 bits per heavy atom. The zero-order valence-corrected chi connectivity index (χ0v) is 12.1. The average Bonchev–Trinajstić information content (AvgIpc) is 2.46. The first-order valence-corrected chi connectivity index (χ1v) is 6.85. The van der Waals surface area contributed by atoms with Crippen LogP contribution in [0.3, 0.4) is 0 Å².